The van der Waals surface area contributed by atoms with E-state index >= 15 is 0 Å². The summed E-state index contributed by atoms with van der Waals surface area (Å²) >= 11 is 11.0. The summed E-state index contributed by atoms with van der Waals surface area (Å²) in [6.07, 6.45) is 6.43. The van der Waals surface area contributed by atoms with Crippen molar-refractivity contribution in [3.05, 3.63) is 56.6 Å². The van der Waals surface area contributed by atoms with Gasteiger partial charge in [0, 0.05) is 30.9 Å². The van der Waals surface area contributed by atoms with Gasteiger partial charge < -0.3 is 4.74 Å². The normalized spacial score (nSPS) is 13.6. The molecule has 0 aliphatic heterocycles. The van der Waals surface area contributed by atoms with E-state index in [1.54, 1.807) is 18.3 Å². The highest BCUT2D eigenvalue weighted by Gasteiger charge is 2.24. The van der Waals surface area contributed by atoms with E-state index < -0.39 is 0 Å². The number of rotatable bonds is 8. The van der Waals surface area contributed by atoms with E-state index in [-0.39, 0.29) is 5.78 Å². The summed E-state index contributed by atoms with van der Waals surface area (Å²) in [5.74, 6) is 1.72. The molecule has 0 unspecified atom stereocenters. The van der Waals surface area contributed by atoms with Crippen LogP contribution in [0.1, 0.15) is 34.5 Å². The molecule has 4 aromatic rings. The van der Waals surface area contributed by atoms with Crippen molar-refractivity contribution in [2.24, 2.45) is 5.92 Å². The molecule has 0 spiro atoms. The molecule has 0 N–H and O–H groups in total. The quantitative estimate of drug-likeness (QED) is 0.278. The minimum Gasteiger partial charge on any atom is -0.437 e. The number of aromatic nitrogens is 5. The molecule has 1 aliphatic rings. The van der Waals surface area contributed by atoms with Crippen LogP contribution in [-0.4, -0.2) is 30.1 Å². The smallest absolute Gasteiger partial charge is 0.222 e. The van der Waals surface area contributed by atoms with Gasteiger partial charge in [-0.25, -0.2) is 14.0 Å². The minimum absolute atomic E-state index is 0.0308. The second-order valence-corrected chi connectivity index (χ2v) is 9.54. The first kappa shape index (κ1) is 20.5. The molecule has 5 rings (SSSR count). The van der Waals surface area contributed by atoms with Gasteiger partial charge >= 0.3 is 0 Å². The number of pyridine rings is 1. The lowest BCUT2D eigenvalue weighted by molar-refractivity contribution is 0.0986. The number of Topliss-reactive ketones (excluding diaryl/α,β-unsaturated/α-hetero) is 1. The van der Waals surface area contributed by atoms with Gasteiger partial charge in [0.2, 0.25) is 5.88 Å². The van der Waals surface area contributed by atoms with Crippen LogP contribution in [0.15, 0.2) is 41.1 Å². The first-order valence-electron chi connectivity index (χ1n) is 9.86. The Kier molecular flexibility index (Phi) is 5.73. The topological polar surface area (TPSA) is 82.8 Å². The average molecular weight is 519 g/mol. The molecular formula is C21H17BrClN5O2S. The highest BCUT2D eigenvalue weighted by atomic mass is 79.9. The predicted octanol–water partition coefficient (Wildman–Crippen LogP) is 5.72. The van der Waals surface area contributed by atoms with Gasteiger partial charge in [-0.05, 0) is 76.9 Å². The maximum absolute atomic E-state index is 12.4. The van der Waals surface area contributed by atoms with Crippen LogP contribution in [0.2, 0.25) is 5.02 Å². The third-order valence-electron chi connectivity index (χ3n) is 5.15. The molecule has 1 aromatic carbocycles. The maximum Gasteiger partial charge on any atom is 0.222 e. The Hall–Kier alpha value is -2.36. The highest BCUT2D eigenvalue weighted by Crippen LogP contribution is 2.37. The van der Waals surface area contributed by atoms with Crippen LogP contribution in [0.4, 0.5) is 0 Å². The molecule has 1 aliphatic carbocycles. The van der Waals surface area contributed by atoms with E-state index in [0.717, 1.165) is 27.6 Å². The molecule has 3 aromatic heterocycles. The van der Waals surface area contributed by atoms with Crippen LogP contribution in [0.25, 0.3) is 11.0 Å². The summed E-state index contributed by atoms with van der Waals surface area (Å²) in [6.45, 7) is 0.889. The van der Waals surface area contributed by atoms with Gasteiger partial charge in [0.05, 0.1) is 19.9 Å². The lowest BCUT2D eigenvalue weighted by Crippen LogP contribution is -2.02. The number of carbonyl (C=O) groups is 1. The number of carbonyl (C=O) groups excluding carboxylic acids is 1. The molecule has 0 amide bonds. The number of hydrogen-bond donors (Lipinski definition) is 0. The second-order valence-electron chi connectivity index (χ2n) is 7.48. The van der Waals surface area contributed by atoms with E-state index in [1.807, 2.05) is 16.8 Å². The summed E-state index contributed by atoms with van der Waals surface area (Å²) in [5, 5.41) is 9.11. The third kappa shape index (κ3) is 4.49. The van der Waals surface area contributed by atoms with Crippen LogP contribution in [0.3, 0.4) is 0 Å². The lowest BCUT2D eigenvalue weighted by Gasteiger charge is -2.12. The fraction of sp³-hybridized carbons (Fsp3) is 0.286. The van der Waals surface area contributed by atoms with Crippen molar-refractivity contribution in [3.8, 4) is 11.6 Å². The van der Waals surface area contributed by atoms with Crippen molar-refractivity contribution in [1.82, 2.24) is 24.4 Å². The average Bonchev–Trinajstić information content (AvgIpc) is 3.24. The number of nitrogens with zero attached hydrogens (tertiary/aromatic N) is 5. The van der Waals surface area contributed by atoms with Crippen molar-refractivity contribution in [3.63, 3.8) is 0 Å². The first-order chi connectivity index (χ1) is 15.1. The molecule has 0 radical (unpaired) electrons. The number of halogens is 2. The standard InChI is InChI=1S/C21H17BrClN5O2S/c22-19-17(6-4-15-20(19)26-27-28(15)11-12-1-2-12)30-21-13(9-14(23)10-24-21)3-5-16(29)18-7-8-25-31-18/h4,6-10,12H,1-3,5,11H2. The fourth-order valence-corrected chi connectivity index (χ4v) is 4.56. The van der Waals surface area contributed by atoms with Gasteiger partial charge in [-0.1, -0.05) is 16.8 Å². The van der Waals surface area contributed by atoms with Gasteiger partial charge in [0.15, 0.2) is 5.78 Å². The molecule has 158 valence electrons. The largest absolute Gasteiger partial charge is 0.437 e. The first-order valence-corrected chi connectivity index (χ1v) is 11.8. The van der Waals surface area contributed by atoms with Crippen LogP contribution >= 0.6 is 39.1 Å². The van der Waals surface area contributed by atoms with Crippen molar-refractivity contribution in [2.75, 3.05) is 0 Å². The minimum atomic E-state index is 0.0308. The molecule has 3 heterocycles. The maximum atomic E-state index is 12.4. The van der Waals surface area contributed by atoms with Gasteiger partial charge in [0.25, 0.3) is 0 Å². The van der Waals surface area contributed by atoms with E-state index in [9.17, 15) is 4.79 Å². The summed E-state index contributed by atoms with van der Waals surface area (Å²) in [5.41, 5.74) is 2.47. The Morgan fingerprint density at radius 3 is 2.97 bits per heavy atom. The van der Waals surface area contributed by atoms with Gasteiger partial charge in [0.1, 0.15) is 11.3 Å². The zero-order chi connectivity index (χ0) is 21.4. The van der Waals surface area contributed by atoms with Crippen molar-refractivity contribution in [1.29, 1.82) is 0 Å². The summed E-state index contributed by atoms with van der Waals surface area (Å²) in [6, 6.07) is 7.34. The fourth-order valence-electron chi connectivity index (χ4n) is 3.32. The van der Waals surface area contributed by atoms with E-state index in [1.165, 1.54) is 30.6 Å². The van der Waals surface area contributed by atoms with E-state index in [2.05, 4.69) is 35.6 Å². The molecule has 1 saturated carbocycles. The number of benzene rings is 1. The zero-order valence-corrected chi connectivity index (χ0v) is 19.5. The molecular weight excluding hydrogens is 502 g/mol. The van der Waals surface area contributed by atoms with Crippen molar-refractivity contribution < 1.29 is 9.53 Å². The Bertz CT molecular complexity index is 1260. The number of fused-ring (bicyclic) bond motifs is 1. The monoisotopic (exact) mass is 517 g/mol. The lowest BCUT2D eigenvalue weighted by atomic mass is 10.1. The Morgan fingerprint density at radius 2 is 2.19 bits per heavy atom. The van der Waals surface area contributed by atoms with Crippen LogP contribution in [-0.2, 0) is 13.0 Å². The Morgan fingerprint density at radius 1 is 1.32 bits per heavy atom. The summed E-state index contributed by atoms with van der Waals surface area (Å²) in [7, 11) is 0. The van der Waals surface area contributed by atoms with Crippen LogP contribution in [0, 0.1) is 5.92 Å². The Labute approximate surface area is 195 Å². The van der Waals surface area contributed by atoms with Gasteiger partial charge in [-0.3, -0.25) is 4.79 Å². The third-order valence-corrected chi connectivity index (χ3v) is 6.91. The van der Waals surface area contributed by atoms with E-state index in [4.69, 9.17) is 16.3 Å². The molecule has 0 saturated heterocycles. The predicted molar refractivity (Wildman–Crippen MR) is 122 cm³/mol. The Balaban J connectivity index is 1.38. The molecule has 0 atom stereocenters. The van der Waals surface area contributed by atoms with E-state index in [0.29, 0.717) is 40.3 Å². The molecule has 7 nitrogen and oxygen atoms in total. The SMILES string of the molecule is O=C(CCc1cc(Cl)cnc1Oc1ccc2c(nnn2CC2CC2)c1Br)c1ccns1. The number of ketones is 1. The van der Waals surface area contributed by atoms with Gasteiger partial charge in [-0.15, -0.1) is 5.10 Å². The van der Waals surface area contributed by atoms with Gasteiger partial charge in [-0.2, -0.15) is 0 Å². The molecule has 10 heteroatoms. The number of ether oxygens (including phenoxy) is 1. The summed E-state index contributed by atoms with van der Waals surface area (Å²) < 4.78 is 12.8. The zero-order valence-electron chi connectivity index (χ0n) is 16.3. The van der Waals surface area contributed by atoms with Crippen LogP contribution < -0.4 is 4.74 Å². The molecule has 1 fully saturated rings. The number of hydrogen-bond acceptors (Lipinski definition) is 7. The van der Waals surface area contributed by atoms with Crippen LogP contribution in [0.5, 0.6) is 11.6 Å². The molecule has 0 bridgehead atoms. The summed E-state index contributed by atoms with van der Waals surface area (Å²) in [4.78, 5) is 17.4. The van der Waals surface area contributed by atoms with Crippen molar-refractivity contribution >= 4 is 55.9 Å². The second kappa shape index (κ2) is 8.64. The highest BCUT2D eigenvalue weighted by molar-refractivity contribution is 9.10. The number of aryl methyl sites for hydroxylation is 1. The van der Waals surface area contributed by atoms with Crippen molar-refractivity contribution in [2.45, 2.75) is 32.2 Å². The molecule has 31 heavy (non-hydrogen) atoms.